The highest BCUT2D eigenvalue weighted by Gasteiger charge is 2.48. The summed E-state index contributed by atoms with van der Waals surface area (Å²) in [5.74, 6) is 0.877. The zero-order valence-electron chi connectivity index (χ0n) is 12.8. The van der Waals surface area contributed by atoms with Crippen LogP contribution in [0.15, 0.2) is 0 Å². The molecule has 3 saturated heterocycles. The second-order valence-electron chi connectivity index (χ2n) is 6.86. The summed E-state index contributed by atoms with van der Waals surface area (Å²) >= 11 is 0. The zero-order chi connectivity index (χ0) is 14.3. The molecular weight excluding hydrogens is 256 g/mol. The third-order valence-electron chi connectivity index (χ3n) is 5.53. The van der Waals surface area contributed by atoms with Crippen LogP contribution in [0.4, 0.5) is 0 Å². The lowest BCUT2D eigenvalue weighted by Crippen LogP contribution is -2.45. The zero-order valence-corrected chi connectivity index (χ0v) is 12.8. The van der Waals surface area contributed by atoms with Gasteiger partial charge in [-0.25, -0.2) is 0 Å². The molecule has 3 rings (SSSR count). The van der Waals surface area contributed by atoms with Crippen LogP contribution in [0.1, 0.15) is 40.0 Å². The van der Waals surface area contributed by atoms with Crippen molar-refractivity contribution in [2.24, 2.45) is 17.8 Å². The van der Waals surface area contributed by atoms with E-state index in [1.165, 1.54) is 0 Å². The molecule has 0 bridgehead atoms. The molecule has 0 aromatic carbocycles. The van der Waals surface area contributed by atoms with Gasteiger partial charge >= 0.3 is 0 Å². The van der Waals surface area contributed by atoms with Gasteiger partial charge in [0.05, 0.1) is 24.4 Å². The molecule has 0 amide bonds. The molecule has 0 radical (unpaired) electrons. The monoisotopic (exact) mass is 282 g/mol. The van der Waals surface area contributed by atoms with Crippen LogP contribution in [0, 0.1) is 17.8 Å². The van der Waals surface area contributed by atoms with E-state index in [1.54, 1.807) is 0 Å². The summed E-state index contributed by atoms with van der Waals surface area (Å²) in [5, 5.41) is 0. The normalized spacial score (nSPS) is 48.9. The highest BCUT2D eigenvalue weighted by atomic mass is 16.6. The van der Waals surface area contributed by atoms with Crippen molar-refractivity contribution in [2.75, 3.05) is 19.8 Å². The van der Waals surface area contributed by atoms with Gasteiger partial charge in [-0.2, -0.15) is 0 Å². The fourth-order valence-electron chi connectivity index (χ4n) is 4.16. The van der Waals surface area contributed by atoms with Crippen LogP contribution in [0.3, 0.4) is 0 Å². The lowest BCUT2D eigenvalue weighted by Gasteiger charge is -2.37. The Balaban J connectivity index is 1.70. The smallest absolute Gasteiger partial charge is 0.142 e. The fraction of sp³-hybridized carbons (Fsp3) is 0.938. The van der Waals surface area contributed by atoms with E-state index in [1.807, 2.05) is 6.92 Å². The highest BCUT2D eigenvalue weighted by Crippen LogP contribution is 2.41. The molecule has 0 aromatic heterocycles. The van der Waals surface area contributed by atoms with E-state index < -0.39 is 0 Å². The molecular formula is C16H26O4. The number of Topliss-reactive ketones (excluding diaryl/α,β-unsaturated/α-hetero) is 1. The van der Waals surface area contributed by atoms with Gasteiger partial charge in [-0.3, -0.25) is 4.79 Å². The average Bonchev–Trinajstić information content (AvgIpc) is 2.95. The molecule has 20 heavy (non-hydrogen) atoms. The summed E-state index contributed by atoms with van der Waals surface area (Å²) < 4.78 is 17.3. The molecule has 0 aromatic rings. The Morgan fingerprint density at radius 3 is 2.55 bits per heavy atom. The van der Waals surface area contributed by atoms with Crippen molar-refractivity contribution in [3.63, 3.8) is 0 Å². The maximum absolute atomic E-state index is 12.9. The molecule has 4 nitrogen and oxygen atoms in total. The quantitative estimate of drug-likeness (QED) is 0.779. The number of hydrogen-bond donors (Lipinski definition) is 0. The summed E-state index contributed by atoms with van der Waals surface area (Å²) in [5.41, 5.74) is -0.184. The minimum Gasteiger partial charge on any atom is -0.378 e. The van der Waals surface area contributed by atoms with Gasteiger partial charge in [-0.15, -0.1) is 0 Å². The van der Waals surface area contributed by atoms with Crippen LogP contribution < -0.4 is 0 Å². The van der Waals surface area contributed by atoms with E-state index in [9.17, 15) is 4.79 Å². The number of hydrogen-bond acceptors (Lipinski definition) is 4. The Labute approximate surface area is 121 Å². The maximum atomic E-state index is 12.9. The number of carbonyl (C=O) groups excluding carboxylic acids is 1. The Morgan fingerprint density at radius 1 is 1.15 bits per heavy atom. The van der Waals surface area contributed by atoms with Crippen LogP contribution in [0.2, 0.25) is 0 Å². The summed E-state index contributed by atoms with van der Waals surface area (Å²) in [6.45, 7) is 8.36. The van der Waals surface area contributed by atoms with Gasteiger partial charge in [-0.1, -0.05) is 6.92 Å². The van der Waals surface area contributed by atoms with Crippen molar-refractivity contribution in [1.29, 1.82) is 0 Å². The largest absolute Gasteiger partial charge is 0.378 e. The van der Waals surface area contributed by atoms with Crippen molar-refractivity contribution >= 4 is 5.78 Å². The fourth-order valence-corrected chi connectivity index (χ4v) is 4.16. The molecule has 3 heterocycles. The molecule has 0 N–H and O–H groups in total. The first-order valence-corrected chi connectivity index (χ1v) is 7.93. The van der Waals surface area contributed by atoms with Crippen molar-refractivity contribution in [3.05, 3.63) is 0 Å². The average molecular weight is 282 g/mol. The van der Waals surface area contributed by atoms with Gasteiger partial charge in [0.1, 0.15) is 5.78 Å². The number of rotatable bonds is 2. The van der Waals surface area contributed by atoms with E-state index in [0.29, 0.717) is 24.9 Å². The molecule has 1 spiro atoms. The topological polar surface area (TPSA) is 44.8 Å². The third-order valence-corrected chi connectivity index (χ3v) is 5.53. The SMILES string of the molecule is CC1OC(C)C(C(=O)C2CCOC3(CCOC3)C2)C1C. The van der Waals surface area contributed by atoms with Crippen LogP contribution in [0.5, 0.6) is 0 Å². The number of ketones is 1. The summed E-state index contributed by atoms with van der Waals surface area (Å²) in [7, 11) is 0. The first-order valence-electron chi connectivity index (χ1n) is 7.93. The standard InChI is InChI=1S/C16H26O4/c1-10-11(2)20-12(3)14(10)15(17)13-4-6-19-16(8-13)5-7-18-9-16/h10-14H,4-9H2,1-3H3. The summed E-state index contributed by atoms with van der Waals surface area (Å²) in [6.07, 6.45) is 2.84. The van der Waals surface area contributed by atoms with Gasteiger partial charge < -0.3 is 14.2 Å². The number of carbonyl (C=O) groups is 1. The molecule has 0 saturated carbocycles. The molecule has 6 unspecified atom stereocenters. The lowest BCUT2D eigenvalue weighted by molar-refractivity contribution is -0.142. The summed E-state index contributed by atoms with van der Waals surface area (Å²) in [4.78, 5) is 12.9. The first kappa shape index (κ1) is 14.5. The first-order chi connectivity index (χ1) is 9.52. The van der Waals surface area contributed by atoms with Gasteiger partial charge in [0.15, 0.2) is 0 Å². The van der Waals surface area contributed by atoms with E-state index >= 15 is 0 Å². The van der Waals surface area contributed by atoms with Crippen LogP contribution in [-0.4, -0.2) is 43.4 Å². The van der Waals surface area contributed by atoms with Crippen molar-refractivity contribution in [2.45, 2.75) is 57.8 Å². The van der Waals surface area contributed by atoms with Crippen LogP contribution in [0.25, 0.3) is 0 Å². The minimum atomic E-state index is -0.184. The van der Waals surface area contributed by atoms with E-state index in [-0.39, 0.29) is 29.6 Å². The Kier molecular flexibility index (Phi) is 3.91. The van der Waals surface area contributed by atoms with Gasteiger partial charge in [-0.05, 0) is 32.6 Å². The Bertz CT molecular complexity index is 375. The number of ether oxygens (including phenoxy) is 3. The second kappa shape index (κ2) is 5.39. The molecule has 114 valence electrons. The van der Waals surface area contributed by atoms with Crippen LogP contribution >= 0.6 is 0 Å². The predicted octanol–water partition coefficient (Wildman–Crippen LogP) is 2.20. The molecule has 3 aliphatic rings. The minimum absolute atomic E-state index is 0.0473. The van der Waals surface area contributed by atoms with E-state index in [2.05, 4.69) is 13.8 Å². The predicted molar refractivity (Wildman–Crippen MR) is 74.5 cm³/mol. The third kappa shape index (κ3) is 2.42. The van der Waals surface area contributed by atoms with E-state index in [0.717, 1.165) is 25.9 Å². The van der Waals surface area contributed by atoms with Gasteiger partial charge in [0.25, 0.3) is 0 Å². The maximum Gasteiger partial charge on any atom is 0.142 e. The van der Waals surface area contributed by atoms with Crippen LogP contribution in [-0.2, 0) is 19.0 Å². The highest BCUT2D eigenvalue weighted by molar-refractivity contribution is 5.84. The van der Waals surface area contributed by atoms with Crippen molar-refractivity contribution < 1.29 is 19.0 Å². The molecule has 3 fully saturated rings. The second-order valence-corrected chi connectivity index (χ2v) is 6.86. The molecule has 6 atom stereocenters. The lowest BCUT2D eigenvalue weighted by atomic mass is 9.75. The Morgan fingerprint density at radius 2 is 1.95 bits per heavy atom. The van der Waals surface area contributed by atoms with Crippen molar-refractivity contribution in [3.8, 4) is 0 Å². The van der Waals surface area contributed by atoms with Gasteiger partial charge in [0.2, 0.25) is 0 Å². The Hall–Kier alpha value is -0.450. The molecule has 3 aliphatic heterocycles. The van der Waals surface area contributed by atoms with Crippen molar-refractivity contribution in [1.82, 2.24) is 0 Å². The van der Waals surface area contributed by atoms with Gasteiger partial charge in [0, 0.05) is 31.5 Å². The van der Waals surface area contributed by atoms with E-state index in [4.69, 9.17) is 14.2 Å². The molecule has 4 heteroatoms. The molecule has 0 aliphatic carbocycles. The summed E-state index contributed by atoms with van der Waals surface area (Å²) in [6, 6.07) is 0.